The second-order valence-electron chi connectivity index (χ2n) is 9.16. The molecule has 0 unspecified atom stereocenters. The first-order valence-corrected chi connectivity index (χ1v) is 14.9. The van der Waals surface area contributed by atoms with E-state index < -0.39 is 0 Å². The topological polar surface area (TPSA) is 33.7 Å². The smallest absolute Gasteiger partial charge is 0.0834 e. The highest BCUT2D eigenvalue weighted by molar-refractivity contribution is 7.10. The van der Waals surface area contributed by atoms with E-state index in [-0.39, 0.29) is 18.5 Å². The lowest BCUT2D eigenvalue weighted by Crippen LogP contribution is -2.53. The molecule has 2 aliphatic heterocycles. The number of nitrogens with zero attached hydrogens (tertiary/aromatic N) is 1. The van der Waals surface area contributed by atoms with Crippen LogP contribution in [0.4, 0.5) is 0 Å². The van der Waals surface area contributed by atoms with Gasteiger partial charge in [0.25, 0.3) is 0 Å². The van der Waals surface area contributed by atoms with E-state index in [1.165, 1.54) is 20.9 Å². The molecule has 1 N–H and O–H groups in total. The SMILES string of the molecule is Cl.Clc1csc(COC2CN(C(c3ccccc3)c3ccccc3)C2)c1.Clc1csc(COC2CNC2)c1. The van der Waals surface area contributed by atoms with Gasteiger partial charge in [-0.15, -0.1) is 35.1 Å². The van der Waals surface area contributed by atoms with E-state index in [0.29, 0.717) is 25.4 Å². The van der Waals surface area contributed by atoms with Gasteiger partial charge >= 0.3 is 0 Å². The Bertz CT molecular complexity index is 1190. The predicted molar refractivity (Wildman–Crippen MR) is 162 cm³/mol. The molecule has 9 heteroatoms. The quantitative estimate of drug-likeness (QED) is 0.211. The number of halogens is 3. The van der Waals surface area contributed by atoms with Crippen LogP contribution in [-0.2, 0) is 22.7 Å². The maximum absolute atomic E-state index is 6.04. The summed E-state index contributed by atoms with van der Waals surface area (Å²) in [6, 6.07) is 25.6. The van der Waals surface area contributed by atoms with Crippen molar-refractivity contribution in [2.45, 2.75) is 31.5 Å². The van der Waals surface area contributed by atoms with Crippen LogP contribution in [-0.4, -0.2) is 43.3 Å². The molecule has 0 saturated carbocycles. The summed E-state index contributed by atoms with van der Waals surface area (Å²) in [6.07, 6.45) is 0.696. The Hall–Kier alpha value is -1.45. The van der Waals surface area contributed by atoms with Crippen molar-refractivity contribution in [3.63, 3.8) is 0 Å². The summed E-state index contributed by atoms with van der Waals surface area (Å²) in [7, 11) is 0. The van der Waals surface area contributed by atoms with Crippen LogP contribution in [0.15, 0.2) is 83.6 Å². The van der Waals surface area contributed by atoms with Crippen LogP contribution in [0, 0.1) is 0 Å². The van der Waals surface area contributed by atoms with Crippen LogP contribution < -0.4 is 5.32 Å². The van der Waals surface area contributed by atoms with Gasteiger partial charge in [0.1, 0.15) is 0 Å². The predicted octanol–water partition coefficient (Wildman–Crippen LogP) is 7.70. The minimum atomic E-state index is 0. The number of nitrogens with one attached hydrogen (secondary N) is 1. The van der Waals surface area contributed by atoms with Crippen LogP contribution in [0.1, 0.15) is 26.9 Å². The summed E-state index contributed by atoms with van der Waals surface area (Å²) in [5.74, 6) is 0. The molecule has 38 heavy (non-hydrogen) atoms. The average molecular weight is 610 g/mol. The molecule has 202 valence electrons. The zero-order chi connectivity index (χ0) is 25.5. The van der Waals surface area contributed by atoms with Crippen LogP contribution in [0.25, 0.3) is 0 Å². The van der Waals surface area contributed by atoms with E-state index in [2.05, 4.69) is 70.9 Å². The first-order chi connectivity index (χ1) is 18.1. The third-order valence-corrected chi connectivity index (χ3v) is 8.90. The number of hydrogen-bond acceptors (Lipinski definition) is 6. The van der Waals surface area contributed by atoms with E-state index in [4.69, 9.17) is 32.7 Å². The number of ether oxygens (including phenoxy) is 2. The summed E-state index contributed by atoms with van der Waals surface area (Å²) in [5.41, 5.74) is 2.66. The number of benzene rings is 2. The lowest BCUT2D eigenvalue weighted by atomic mass is 9.94. The lowest BCUT2D eigenvalue weighted by molar-refractivity contribution is -0.0733. The summed E-state index contributed by atoms with van der Waals surface area (Å²) >= 11 is 15.0. The summed E-state index contributed by atoms with van der Waals surface area (Å²) in [6.45, 7) is 5.22. The van der Waals surface area contributed by atoms with Crippen molar-refractivity contribution in [1.82, 2.24) is 10.2 Å². The van der Waals surface area contributed by atoms with Crippen LogP contribution in [0.5, 0.6) is 0 Å². The second kappa shape index (κ2) is 14.8. The molecular formula is C29H31Cl3N2O2S2. The average Bonchev–Trinajstić information content (AvgIpc) is 3.48. The first-order valence-electron chi connectivity index (χ1n) is 12.4. The molecule has 0 spiro atoms. The van der Waals surface area contributed by atoms with Gasteiger partial charge in [-0.2, -0.15) is 0 Å². The number of rotatable bonds is 9. The normalized spacial score (nSPS) is 15.8. The molecule has 0 radical (unpaired) electrons. The van der Waals surface area contributed by atoms with Crippen LogP contribution in [0.2, 0.25) is 10.0 Å². The van der Waals surface area contributed by atoms with Gasteiger partial charge in [0.05, 0.1) is 41.5 Å². The first kappa shape index (κ1) is 29.5. The van der Waals surface area contributed by atoms with Gasteiger partial charge in [-0.3, -0.25) is 4.90 Å². The number of hydrogen-bond donors (Lipinski definition) is 1. The highest BCUT2D eigenvalue weighted by Crippen LogP contribution is 2.33. The van der Waals surface area contributed by atoms with Gasteiger partial charge in [0, 0.05) is 46.7 Å². The molecular weight excluding hydrogens is 579 g/mol. The van der Waals surface area contributed by atoms with Gasteiger partial charge < -0.3 is 14.8 Å². The van der Waals surface area contributed by atoms with Crippen molar-refractivity contribution in [2.24, 2.45) is 0 Å². The van der Waals surface area contributed by atoms with Crippen molar-refractivity contribution in [1.29, 1.82) is 0 Å². The van der Waals surface area contributed by atoms with E-state index in [0.717, 1.165) is 36.2 Å². The summed E-state index contributed by atoms with van der Waals surface area (Å²) in [5, 5.41) is 8.65. The van der Waals surface area contributed by atoms with E-state index in [1.807, 2.05) is 22.9 Å². The monoisotopic (exact) mass is 608 g/mol. The van der Waals surface area contributed by atoms with Crippen molar-refractivity contribution >= 4 is 58.3 Å². The van der Waals surface area contributed by atoms with E-state index in [1.54, 1.807) is 22.7 Å². The van der Waals surface area contributed by atoms with Crippen LogP contribution in [0.3, 0.4) is 0 Å². The molecule has 2 fully saturated rings. The molecule has 4 nitrogen and oxygen atoms in total. The molecule has 2 aromatic carbocycles. The molecule has 0 aliphatic carbocycles. The number of likely N-dealkylation sites (tertiary alicyclic amines) is 1. The molecule has 0 amide bonds. The van der Waals surface area contributed by atoms with Gasteiger partial charge in [0.15, 0.2) is 0 Å². The van der Waals surface area contributed by atoms with Crippen molar-refractivity contribution in [3.05, 3.63) is 114 Å². The van der Waals surface area contributed by atoms with Gasteiger partial charge in [-0.25, -0.2) is 0 Å². The maximum atomic E-state index is 6.04. The van der Waals surface area contributed by atoms with Crippen molar-refractivity contribution in [3.8, 4) is 0 Å². The largest absolute Gasteiger partial charge is 0.370 e. The summed E-state index contributed by atoms with van der Waals surface area (Å²) < 4.78 is 11.6. The third-order valence-electron chi connectivity index (χ3n) is 6.38. The minimum Gasteiger partial charge on any atom is -0.370 e. The highest BCUT2D eigenvalue weighted by Gasteiger charge is 2.34. The van der Waals surface area contributed by atoms with E-state index >= 15 is 0 Å². The van der Waals surface area contributed by atoms with Crippen molar-refractivity contribution in [2.75, 3.05) is 26.2 Å². The van der Waals surface area contributed by atoms with Gasteiger partial charge in [0.2, 0.25) is 0 Å². The Labute approximate surface area is 248 Å². The van der Waals surface area contributed by atoms with E-state index in [9.17, 15) is 0 Å². The fraction of sp³-hybridized carbons (Fsp3) is 0.310. The van der Waals surface area contributed by atoms with Gasteiger partial charge in [-0.1, -0.05) is 83.9 Å². The van der Waals surface area contributed by atoms with Crippen molar-refractivity contribution < 1.29 is 9.47 Å². The Morgan fingerprint density at radius 3 is 1.63 bits per heavy atom. The minimum absolute atomic E-state index is 0. The molecule has 4 heterocycles. The maximum Gasteiger partial charge on any atom is 0.0834 e. The van der Waals surface area contributed by atoms with Crippen LogP contribution >= 0.6 is 58.3 Å². The lowest BCUT2D eigenvalue weighted by Gasteiger charge is -2.44. The second-order valence-corrected chi connectivity index (χ2v) is 12.0. The molecule has 2 saturated heterocycles. The molecule has 2 aliphatic rings. The zero-order valence-corrected chi connectivity index (χ0v) is 24.8. The molecule has 6 rings (SSSR count). The Morgan fingerprint density at radius 1 is 0.763 bits per heavy atom. The molecule has 2 aromatic heterocycles. The Morgan fingerprint density at radius 2 is 1.24 bits per heavy atom. The standard InChI is InChI=1S/C21H20ClNOS.C8H10ClNOS.ClH/c22-18-11-20(25-15-18)14-24-19-12-23(13-19)21(16-7-3-1-4-8-16)17-9-5-2-6-10-17;9-6-1-8(12-5-6)4-11-7-2-10-3-7;/h1-11,15,19,21H,12-14H2;1,5,7,10H,2-4H2;1H. The number of thiophene rings is 2. The molecule has 0 bridgehead atoms. The highest BCUT2D eigenvalue weighted by atomic mass is 35.5. The Balaban J connectivity index is 0.000000218. The third kappa shape index (κ3) is 8.28. The van der Waals surface area contributed by atoms with Gasteiger partial charge in [-0.05, 0) is 23.3 Å². The Kier molecular flexibility index (Phi) is 11.5. The molecule has 0 atom stereocenters. The zero-order valence-electron chi connectivity index (χ0n) is 20.8. The molecule has 4 aromatic rings. The summed E-state index contributed by atoms with van der Waals surface area (Å²) in [4.78, 5) is 4.87. The fourth-order valence-corrected chi connectivity index (χ4v) is 6.30. The fourth-order valence-electron chi connectivity index (χ4n) is 4.31.